The smallest absolute Gasteiger partial charge is 0.166 e. The summed E-state index contributed by atoms with van der Waals surface area (Å²) in [6.07, 6.45) is 0.217. The predicted molar refractivity (Wildman–Crippen MR) is 81.9 cm³/mol. The molecule has 0 aliphatic carbocycles. The van der Waals surface area contributed by atoms with Crippen LogP contribution in [0.5, 0.6) is 5.75 Å². The van der Waals surface area contributed by atoms with Crippen LogP contribution in [0.3, 0.4) is 0 Å². The Morgan fingerprint density at radius 1 is 0.952 bits per heavy atom. The zero-order valence-electron chi connectivity index (χ0n) is 12.2. The molecule has 108 valence electrons. The minimum Gasteiger partial charge on any atom is -0.497 e. The Labute approximate surface area is 124 Å². The first-order chi connectivity index (χ1) is 10.1. The fourth-order valence-electron chi connectivity index (χ4n) is 2.15. The van der Waals surface area contributed by atoms with Crippen molar-refractivity contribution < 1.29 is 14.3 Å². The van der Waals surface area contributed by atoms with Gasteiger partial charge in [-0.05, 0) is 24.3 Å². The maximum absolute atomic E-state index is 12.3. The number of hydrogen-bond donors (Lipinski definition) is 0. The highest BCUT2D eigenvalue weighted by atomic mass is 16.5. The molecule has 0 bridgehead atoms. The predicted octanol–water partition coefficient (Wildman–Crippen LogP) is 3.79. The van der Waals surface area contributed by atoms with Gasteiger partial charge in [-0.3, -0.25) is 9.59 Å². The van der Waals surface area contributed by atoms with Gasteiger partial charge in [-0.15, -0.1) is 0 Å². The largest absolute Gasteiger partial charge is 0.497 e. The van der Waals surface area contributed by atoms with E-state index >= 15 is 0 Å². The Morgan fingerprint density at radius 3 is 2.14 bits per heavy atom. The third kappa shape index (κ3) is 3.78. The Morgan fingerprint density at radius 2 is 1.57 bits per heavy atom. The van der Waals surface area contributed by atoms with Crippen LogP contribution < -0.4 is 4.74 Å². The van der Waals surface area contributed by atoms with E-state index in [4.69, 9.17) is 4.74 Å². The molecule has 1 atom stereocenters. The van der Waals surface area contributed by atoms with E-state index in [0.29, 0.717) is 16.9 Å². The molecule has 0 fully saturated rings. The Hall–Kier alpha value is -2.42. The van der Waals surface area contributed by atoms with Gasteiger partial charge in [-0.1, -0.05) is 37.3 Å². The lowest BCUT2D eigenvalue weighted by Crippen LogP contribution is -2.16. The van der Waals surface area contributed by atoms with E-state index in [1.807, 2.05) is 18.2 Å². The minimum atomic E-state index is -0.342. The third-order valence-electron chi connectivity index (χ3n) is 3.41. The highest BCUT2D eigenvalue weighted by molar-refractivity contribution is 6.03. The van der Waals surface area contributed by atoms with E-state index in [1.54, 1.807) is 50.4 Å². The standard InChI is InChI=1S/C18H18O3/c1-13(12-17(19)14-6-4-3-5-7-14)18(20)15-8-10-16(21-2)11-9-15/h3-11,13H,12H2,1-2H3/t13-/m1/s1. The number of benzene rings is 2. The van der Waals surface area contributed by atoms with Crippen LogP contribution in [-0.4, -0.2) is 18.7 Å². The Balaban J connectivity index is 2.03. The van der Waals surface area contributed by atoms with Crippen LogP contribution >= 0.6 is 0 Å². The van der Waals surface area contributed by atoms with Crippen LogP contribution in [0.2, 0.25) is 0 Å². The average Bonchev–Trinajstić information content (AvgIpc) is 2.55. The van der Waals surface area contributed by atoms with E-state index in [-0.39, 0.29) is 23.9 Å². The second-order valence-corrected chi connectivity index (χ2v) is 4.99. The normalized spacial score (nSPS) is 11.7. The van der Waals surface area contributed by atoms with Gasteiger partial charge in [0.25, 0.3) is 0 Å². The number of rotatable bonds is 6. The molecular weight excluding hydrogens is 264 g/mol. The van der Waals surface area contributed by atoms with E-state index in [9.17, 15) is 9.59 Å². The van der Waals surface area contributed by atoms with Crippen LogP contribution in [-0.2, 0) is 0 Å². The van der Waals surface area contributed by atoms with Gasteiger partial charge < -0.3 is 4.74 Å². The number of ether oxygens (including phenoxy) is 1. The van der Waals surface area contributed by atoms with Crippen LogP contribution in [0, 0.1) is 5.92 Å². The molecule has 0 N–H and O–H groups in total. The molecule has 0 saturated heterocycles. The van der Waals surface area contributed by atoms with Crippen molar-refractivity contribution >= 4 is 11.6 Å². The molecule has 0 heterocycles. The summed E-state index contributed by atoms with van der Waals surface area (Å²) in [4.78, 5) is 24.4. The highest BCUT2D eigenvalue weighted by Gasteiger charge is 2.19. The molecule has 3 nitrogen and oxygen atoms in total. The topological polar surface area (TPSA) is 43.4 Å². The van der Waals surface area contributed by atoms with Crippen LogP contribution in [0.1, 0.15) is 34.1 Å². The molecule has 2 aromatic carbocycles. The van der Waals surface area contributed by atoms with Crippen molar-refractivity contribution in [1.29, 1.82) is 0 Å². The van der Waals surface area contributed by atoms with Crippen molar-refractivity contribution in [1.82, 2.24) is 0 Å². The summed E-state index contributed by atoms with van der Waals surface area (Å²) >= 11 is 0. The maximum atomic E-state index is 12.3. The van der Waals surface area contributed by atoms with E-state index < -0.39 is 0 Å². The maximum Gasteiger partial charge on any atom is 0.166 e. The zero-order chi connectivity index (χ0) is 15.2. The first-order valence-corrected chi connectivity index (χ1v) is 6.88. The van der Waals surface area contributed by atoms with Gasteiger partial charge in [-0.25, -0.2) is 0 Å². The molecule has 0 radical (unpaired) electrons. The second-order valence-electron chi connectivity index (χ2n) is 4.99. The van der Waals surface area contributed by atoms with Gasteiger partial charge in [0, 0.05) is 23.5 Å². The lowest BCUT2D eigenvalue weighted by atomic mass is 9.92. The number of carbonyl (C=O) groups excluding carboxylic acids is 2. The summed E-state index contributed by atoms with van der Waals surface area (Å²) < 4.78 is 5.07. The molecule has 0 unspecified atom stereocenters. The van der Waals surface area contributed by atoms with Crippen LogP contribution in [0.25, 0.3) is 0 Å². The lowest BCUT2D eigenvalue weighted by molar-refractivity contribution is 0.0863. The molecule has 2 rings (SSSR count). The summed E-state index contributed by atoms with van der Waals surface area (Å²) in [5, 5.41) is 0. The number of carbonyl (C=O) groups is 2. The molecule has 21 heavy (non-hydrogen) atoms. The second kappa shape index (κ2) is 6.84. The number of hydrogen-bond acceptors (Lipinski definition) is 3. The molecule has 0 spiro atoms. The van der Waals surface area contributed by atoms with E-state index in [0.717, 1.165) is 0 Å². The summed E-state index contributed by atoms with van der Waals surface area (Å²) in [6, 6.07) is 16.0. The van der Waals surface area contributed by atoms with E-state index in [1.165, 1.54) is 0 Å². The third-order valence-corrected chi connectivity index (χ3v) is 3.41. The quantitative estimate of drug-likeness (QED) is 0.757. The van der Waals surface area contributed by atoms with Crippen molar-refractivity contribution in [2.45, 2.75) is 13.3 Å². The lowest BCUT2D eigenvalue weighted by Gasteiger charge is -2.10. The molecule has 3 heteroatoms. The summed E-state index contributed by atoms with van der Waals surface area (Å²) in [7, 11) is 1.58. The molecular formula is C18H18O3. The summed E-state index contributed by atoms with van der Waals surface area (Å²) in [5.74, 6) is 0.331. The Kier molecular flexibility index (Phi) is 4.88. The van der Waals surface area contributed by atoms with Gasteiger partial charge in [-0.2, -0.15) is 0 Å². The van der Waals surface area contributed by atoms with Crippen LogP contribution in [0.4, 0.5) is 0 Å². The van der Waals surface area contributed by atoms with Gasteiger partial charge in [0.15, 0.2) is 11.6 Å². The monoisotopic (exact) mass is 282 g/mol. The van der Waals surface area contributed by atoms with Gasteiger partial charge in [0.2, 0.25) is 0 Å². The van der Waals surface area contributed by atoms with Gasteiger partial charge >= 0.3 is 0 Å². The molecule has 0 saturated carbocycles. The van der Waals surface area contributed by atoms with Crippen molar-refractivity contribution in [3.05, 3.63) is 65.7 Å². The van der Waals surface area contributed by atoms with Crippen LogP contribution in [0.15, 0.2) is 54.6 Å². The first kappa shape index (κ1) is 15.0. The number of ketones is 2. The summed E-state index contributed by atoms with van der Waals surface area (Å²) in [6.45, 7) is 1.79. The van der Waals surface area contributed by atoms with Crippen molar-refractivity contribution in [3.63, 3.8) is 0 Å². The molecule has 2 aromatic rings. The first-order valence-electron chi connectivity index (χ1n) is 6.88. The number of methoxy groups -OCH3 is 1. The molecule has 0 aromatic heterocycles. The number of Topliss-reactive ketones (excluding diaryl/α,β-unsaturated/α-hetero) is 2. The zero-order valence-corrected chi connectivity index (χ0v) is 12.2. The minimum absolute atomic E-state index is 0.00929. The van der Waals surface area contributed by atoms with Crippen molar-refractivity contribution in [2.75, 3.05) is 7.11 Å². The fourth-order valence-corrected chi connectivity index (χ4v) is 2.15. The highest BCUT2D eigenvalue weighted by Crippen LogP contribution is 2.18. The molecule has 0 aliphatic heterocycles. The average molecular weight is 282 g/mol. The fraction of sp³-hybridized carbons (Fsp3) is 0.222. The van der Waals surface area contributed by atoms with Crippen molar-refractivity contribution in [2.24, 2.45) is 5.92 Å². The van der Waals surface area contributed by atoms with Gasteiger partial charge in [0.1, 0.15) is 5.75 Å². The summed E-state index contributed by atoms with van der Waals surface area (Å²) in [5.41, 5.74) is 1.25. The molecule has 0 amide bonds. The van der Waals surface area contributed by atoms with E-state index in [2.05, 4.69) is 0 Å². The van der Waals surface area contributed by atoms with Crippen molar-refractivity contribution in [3.8, 4) is 5.75 Å². The van der Waals surface area contributed by atoms with Gasteiger partial charge in [0.05, 0.1) is 7.11 Å². The SMILES string of the molecule is COc1ccc(C(=O)[C@H](C)CC(=O)c2ccccc2)cc1. The molecule has 0 aliphatic rings. The Bertz CT molecular complexity index is 615.